The van der Waals surface area contributed by atoms with Gasteiger partial charge >= 0.3 is 0 Å². The number of piperidine rings is 1. The van der Waals surface area contributed by atoms with E-state index in [0.29, 0.717) is 6.04 Å². The zero-order valence-corrected chi connectivity index (χ0v) is 9.83. The van der Waals surface area contributed by atoms with Crippen LogP contribution in [0.5, 0.6) is 0 Å². The van der Waals surface area contributed by atoms with Crippen molar-refractivity contribution in [3.63, 3.8) is 0 Å². The van der Waals surface area contributed by atoms with Gasteiger partial charge in [0.2, 0.25) is 0 Å². The number of hydrogen-bond donors (Lipinski definition) is 1. The minimum atomic E-state index is 0.296. The third-order valence-corrected chi connectivity index (χ3v) is 3.05. The average molecular weight is 197 g/mol. The van der Waals surface area contributed by atoms with Crippen LogP contribution in [-0.4, -0.2) is 30.0 Å². The quantitative estimate of drug-likeness (QED) is 0.513. The fraction of sp³-hybridized carbons (Fsp3) is 0.909. The predicted molar refractivity (Wildman–Crippen MR) is 61.3 cm³/mol. The largest absolute Gasteiger partial charge is 0.370 e. The molecule has 0 aromatic carbocycles. The van der Waals surface area contributed by atoms with Gasteiger partial charge in [-0.3, -0.25) is 4.99 Å². The van der Waals surface area contributed by atoms with E-state index in [1.54, 1.807) is 0 Å². The van der Waals surface area contributed by atoms with Crippen molar-refractivity contribution in [1.82, 2.24) is 4.90 Å². The Morgan fingerprint density at radius 1 is 1.36 bits per heavy atom. The van der Waals surface area contributed by atoms with Crippen LogP contribution in [0.25, 0.3) is 0 Å². The highest BCUT2D eigenvalue weighted by molar-refractivity contribution is 5.78. The van der Waals surface area contributed by atoms with Crippen LogP contribution in [0.3, 0.4) is 0 Å². The molecule has 1 aliphatic heterocycles. The van der Waals surface area contributed by atoms with Crippen molar-refractivity contribution in [2.24, 2.45) is 22.6 Å². The Hall–Kier alpha value is -0.730. The summed E-state index contributed by atoms with van der Waals surface area (Å²) in [6.45, 7) is 10.8. The summed E-state index contributed by atoms with van der Waals surface area (Å²) in [6.07, 6.45) is 1.23. The summed E-state index contributed by atoms with van der Waals surface area (Å²) >= 11 is 0. The minimum Gasteiger partial charge on any atom is -0.370 e. The first kappa shape index (κ1) is 11.3. The van der Waals surface area contributed by atoms with Gasteiger partial charge < -0.3 is 10.6 Å². The van der Waals surface area contributed by atoms with Crippen LogP contribution < -0.4 is 5.73 Å². The Kier molecular flexibility index (Phi) is 3.78. The van der Waals surface area contributed by atoms with E-state index >= 15 is 0 Å². The van der Waals surface area contributed by atoms with Gasteiger partial charge in [-0.05, 0) is 32.1 Å². The molecule has 0 spiro atoms. The van der Waals surface area contributed by atoms with E-state index in [1.165, 1.54) is 6.42 Å². The molecule has 14 heavy (non-hydrogen) atoms. The van der Waals surface area contributed by atoms with Crippen molar-refractivity contribution in [2.75, 3.05) is 13.1 Å². The lowest BCUT2D eigenvalue weighted by Gasteiger charge is -2.36. The molecule has 1 heterocycles. The van der Waals surface area contributed by atoms with E-state index < -0.39 is 0 Å². The molecular weight excluding hydrogens is 174 g/mol. The molecule has 1 rings (SSSR count). The molecule has 1 aliphatic rings. The van der Waals surface area contributed by atoms with Gasteiger partial charge in [-0.2, -0.15) is 0 Å². The summed E-state index contributed by atoms with van der Waals surface area (Å²) in [5, 5.41) is 0. The normalized spacial score (nSPS) is 29.8. The van der Waals surface area contributed by atoms with Gasteiger partial charge in [-0.25, -0.2) is 0 Å². The molecular formula is C11H23N3. The van der Waals surface area contributed by atoms with E-state index in [1.807, 2.05) is 0 Å². The summed E-state index contributed by atoms with van der Waals surface area (Å²) < 4.78 is 0. The number of likely N-dealkylation sites (tertiary alicyclic amines) is 1. The zero-order valence-electron chi connectivity index (χ0n) is 9.83. The molecule has 0 bridgehead atoms. The van der Waals surface area contributed by atoms with Crippen LogP contribution in [0.4, 0.5) is 0 Å². The van der Waals surface area contributed by atoms with Gasteiger partial charge in [-0.15, -0.1) is 0 Å². The number of nitrogens with zero attached hydrogens (tertiary/aromatic N) is 2. The minimum absolute atomic E-state index is 0.296. The maximum atomic E-state index is 5.93. The lowest BCUT2D eigenvalue weighted by molar-refractivity contribution is 0.202. The molecule has 1 fully saturated rings. The van der Waals surface area contributed by atoms with Gasteiger partial charge in [0.25, 0.3) is 0 Å². The monoisotopic (exact) mass is 197 g/mol. The summed E-state index contributed by atoms with van der Waals surface area (Å²) in [4.78, 5) is 6.59. The third kappa shape index (κ3) is 2.89. The van der Waals surface area contributed by atoms with Crippen molar-refractivity contribution in [1.29, 1.82) is 0 Å². The molecule has 82 valence electrons. The molecule has 0 aliphatic carbocycles. The second kappa shape index (κ2) is 4.67. The molecule has 0 saturated carbocycles. The lowest BCUT2D eigenvalue weighted by Crippen LogP contribution is -2.46. The first-order valence-corrected chi connectivity index (χ1v) is 5.59. The van der Waals surface area contributed by atoms with Crippen LogP contribution in [0.2, 0.25) is 0 Å². The maximum Gasteiger partial charge on any atom is 0.191 e. The molecule has 0 radical (unpaired) electrons. The Bertz CT molecular complexity index is 211. The van der Waals surface area contributed by atoms with Crippen molar-refractivity contribution in [3.8, 4) is 0 Å². The Morgan fingerprint density at radius 2 is 2.00 bits per heavy atom. The van der Waals surface area contributed by atoms with Crippen molar-refractivity contribution >= 4 is 5.96 Å². The van der Waals surface area contributed by atoms with Gasteiger partial charge in [-0.1, -0.05) is 13.8 Å². The summed E-state index contributed by atoms with van der Waals surface area (Å²) in [5.74, 6) is 2.27. The van der Waals surface area contributed by atoms with Crippen LogP contribution in [0.1, 0.15) is 34.1 Å². The lowest BCUT2D eigenvalue weighted by atomic mass is 9.89. The van der Waals surface area contributed by atoms with Crippen LogP contribution >= 0.6 is 0 Å². The smallest absolute Gasteiger partial charge is 0.191 e. The standard InChI is InChI=1S/C11H23N3/c1-8(2)13-11(12)14-6-5-9(3)10(4)7-14/h8-10H,5-7H2,1-4H3,(H2,12,13). The van der Waals surface area contributed by atoms with Gasteiger partial charge in [0.05, 0.1) is 0 Å². The second-order valence-electron chi connectivity index (χ2n) is 4.77. The highest BCUT2D eigenvalue weighted by Crippen LogP contribution is 2.22. The van der Waals surface area contributed by atoms with Crippen LogP contribution in [0.15, 0.2) is 4.99 Å². The number of nitrogens with two attached hydrogens (primary N) is 1. The van der Waals surface area contributed by atoms with Crippen LogP contribution in [-0.2, 0) is 0 Å². The molecule has 0 aromatic rings. The Balaban J connectivity index is 2.54. The molecule has 0 aromatic heterocycles. The second-order valence-corrected chi connectivity index (χ2v) is 4.77. The number of aliphatic imine (C=N–C) groups is 1. The zero-order chi connectivity index (χ0) is 10.7. The fourth-order valence-electron chi connectivity index (χ4n) is 1.82. The summed E-state index contributed by atoms with van der Waals surface area (Å²) in [7, 11) is 0. The van der Waals surface area contributed by atoms with Gasteiger partial charge in [0.15, 0.2) is 5.96 Å². The first-order valence-electron chi connectivity index (χ1n) is 5.59. The van der Waals surface area contributed by atoms with E-state index in [0.717, 1.165) is 30.9 Å². The average Bonchev–Trinajstić information content (AvgIpc) is 2.08. The number of rotatable bonds is 1. The summed E-state index contributed by atoms with van der Waals surface area (Å²) in [5.41, 5.74) is 5.93. The molecule has 0 amide bonds. The number of guanidine groups is 1. The van der Waals surface area contributed by atoms with E-state index in [9.17, 15) is 0 Å². The molecule has 2 unspecified atom stereocenters. The van der Waals surface area contributed by atoms with Crippen LogP contribution in [0, 0.1) is 11.8 Å². The van der Waals surface area contributed by atoms with Crippen molar-refractivity contribution in [3.05, 3.63) is 0 Å². The Morgan fingerprint density at radius 3 is 2.50 bits per heavy atom. The topological polar surface area (TPSA) is 41.6 Å². The first-order chi connectivity index (χ1) is 6.50. The number of hydrogen-bond acceptors (Lipinski definition) is 1. The van der Waals surface area contributed by atoms with E-state index in [4.69, 9.17) is 5.73 Å². The van der Waals surface area contributed by atoms with Gasteiger partial charge in [0.1, 0.15) is 0 Å². The molecule has 2 N–H and O–H groups in total. The molecule has 1 saturated heterocycles. The molecule has 3 nitrogen and oxygen atoms in total. The molecule has 3 heteroatoms. The summed E-state index contributed by atoms with van der Waals surface area (Å²) in [6, 6.07) is 0.296. The maximum absolute atomic E-state index is 5.93. The molecule has 2 atom stereocenters. The SMILES string of the molecule is CC(C)N=C(N)N1CCC(C)C(C)C1. The van der Waals surface area contributed by atoms with Gasteiger partial charge in [0, 0.05) is 19.1 Å². The Labute approximate surface area is 87.4 Å². The fourth-order valence-corrected chi connectivity index (χ4v) is 1.82. The predicted octanol–water partition coefficient (Wildman–Crippen LogP) is 1.69. The highest BCUT2D eigenvalue weighted by Gasteiger charge is 2.23. The van der Waals surface area contributed by atoms with Crippen molar-refractivity contribution < 1.29 is 0 Å². The van der Waals surface area contributed by atoms with Crippen molar-refractivity contribution in [2.45, 2.75) is 40.2 Å². The van der Waals surface area contributed by atoms with E-state index in [-0.39, 0.29) is 0 Å². The third-order valence-electron chi connectivity index (χ3n) is 3.05. The highest BCUT2D eigenvalue weighted by atomic mass is 15.3. The van der Waals surface area contributed by atoms with E-state index in [2.05, 4.69) is 37.6 Å².